The van der Waals surface area contributed by atoms with Crippen molar-refractivity contribution in [2.24, 2.45) is 11.8 Å². The minimum Gasteiger partial charge on any atom is -0.311 e. The number of nitrogens with zero attached hydrogens (tertiary/aromatic N) is 1. The first-order valence-corrected chi connectivity index (χ1v) is 5.90. The Kier molecular flexibility index (Phi) is 5.11. The molecule has 1 aromatic carbocycles. The molecule has 0 radical (unpaired) electrons. The lowest BCUT2D eigenvalue weighted by Gasteiger charge is -2.13. The van der Waals surface area contributed by atoms with Crippen molar-refractivity contribution in [1.82, 2.24) is 5.32 Å². The first kappa shape index (κ1) is 13.7. The number of halogens is 1. The molecule has 0 spiro atoms. The van der Waals surface area contributed by atoms with Crippen LogP contribution < -0.4 is 5.32 Å². The zero-order valence-corrected chi connectivity index (χ0v) is 10.6. The fourth-order valence-electron chi connectivity index (χ4n) is 1.62. The second-order valence-electron chi connectivity index (χ2n) is 4.69. The van der Waals surface area contributed by atoms with Crippen LogP contribution in [0.15, 0.2) is 18.2 Å². The largest absolute Gasteiger partial charge is 0.311 e. The van der Waals surface area contributed by atoms with E-state index in [0.717, 1.165) is 5.56 Å². The van der Waals surface area contributed by atoms with Crippen molar-refractivity contribution in [2.45, 2.75) is 27.3 Å². The second kappa shape index (κ2) is 6.36. The smallest absolute Gasteiger partial charge is 0.126 e. The third-order valence-corrected chi connectivity index (χ3v) is 2.89. The Morgan fingerprint density at radius 1 is 1.41 bits per heavy atom. The predicted octanol–water partition coefficient (Wildman–Crippen LogP) is 3.02. The molecule has 0 saturated carbocycles. The highest BCUT2D eigenvalue weighted by atomic mass is 19.1. The molecule has 2 nitrogen and oxygen atoms in total. The summed E-state index contributed by atoms with van der Waals surface area (Å²) in [5.41, 5.74) is 1.70. The maximum absolute atomic E-state index is 13.0. The number of rotatable bonds is 5. The van der Waals surface area contributed by atoms with Gasteiger partial charge in [-0.25, -0.2) is 4.39 Å². The van der Waals surface area contributed by atoms with E-state index in [9.17, 15) is 4.39 Å². The third kappa shape index (κ3) is 4.16. The molecule has 0 aromatic heterocycles. The molecule has 0 amide bonds. The molecule has 0 heterocycles. The van der Waals surface area contributed by atoms with Crippen molar-refractivity contribution in [1.29, 1.82) is 5.26 Å². The lowest BCUT2D eigenvalue weighted by Crippen LogP contribution is -2.24. The van der Waals surface area contributed by atoms with Crippen molar-refractivity contribution < 1.29 is 4.39 Å². The van der Waals surface area contributed by atoms with E-state index < -0.39 is 0 Å². The van der Waals surface area contributed by atoms with Crippen LogP contribution in [-0.4, -0.2) is 6.54 Å². The quantitative estimate of drug-likeness (QED) is 0.850. The first-order chi connectivity index (χ1) is 8.04. The van der Waals surface area contributed by atoms with Gasteiger partial charge in [0.2, 0.25) is 0 Å². The zero-order chi connectivity index (χ0) is 12.8. The molecule has 3 heteroatoms. The normalized spacial score (nSPS) is 12.5. The zero-order valence-electron chi connectivity index (χ0n) is 10.6. The van der Waals surface area contributed by atoms with Crippen LogP contribution in [0.3, 0.4) is 0 Å². The van der Waals surface area contributed by atoms with Crippen molar-refractivity contribution in [3.63, 3.8) is 0 Å². The van der Waals surface area contributed by atoms with E-state index in [-0.39, 0.29) is 11.7 Å². The number of nitriles is 1. The lowest BCUT2D eigenvalue weighted by atomic mass is 9.97. The molecule has 1 atom stereocenters. The van der Waals surface area contributed by atoms with Crippen LogP contribution in [0, 0.1) is 35.9 Å². The summed E-state index contributed by atoms with van der Waals surface area (Å²) < 4.78 is 13.0. The summed E-state index contributed by atoms with van der Waals surface area (Å²) in [6.07, 6.45) is 0. The molecule has 92 valence electrons. The Morgan fingerprint density at radius 3 is 2.65 bits per heavy atom. The highest BCUT2D eigenvalue weighted by Gasteiger charge is 2.11. The molecule has 0 saturated heterocycles. The van der Waals surface area contributed by atoms with E-state index in [0.29, 0.717) is 24.6 Å². The number of hydrogen-bond acceptors (Lipinski definition) is 2. The van der Waals surface area contributed by atoms with Gasteiger partial charge in [0.15, 0.2) is 0 Å². The van der Waals surface area contributed by atoms with Crippen LogP contribution in [0.1, 0.15) is 25.0 Å². The lowest BCUT2D eigenvalue weighted by molar-refractivity contribution is 0.442. The minimum absolute atomic E-state index is 0.0246. The molecule has 1 rings (SSSR count). The van der Waals surface area contributed by atoms with E-state index in [4.69, 9.17) is 5.26 Å². The van der Waals surface area contributed by atoms with Gasteiger partial charge in [0, 0.05) is 13.1 Å². The van der Waals surface area contributed by atoms with Crippen LogP contribution in [0.25, 0.3) is 0 Å². The van der Waals surface area contributed by atoms with E-state index >= 15 is 0 Å². The van der Waals surface area contributed by atoms with Crippen LogP contribution in [-0.2, 0) is 6.54 Å². The summed E-state index contributed by atoms with van der Waals surface area (Å²) >= 11 is 0. The molecule has 1 unspecified atom stereocenters. The Labute approximate surface area is 102 Å². The van der Waals surface area contributed by atoms with Gasteiger partial charge < -0.3 is 5.32 Å². The van der Waals surface area contributed by atoms with Crippen molar-refractivity contribution >= 4 is 0 Å². The van der Waals surface area contributed by atoms with Gasteiger partial charge in [0.1, 0.15) is 5.82 Å². The monoisotopic (exact) mass is 234 g/mol. The molecule has 17 heavy (non-hydrogen) atoms. The highest BCUT2D eigenvalue weighted by molar-refractivity contribution is 5.23. The average Bonchev–Trinajstić information content (AvgIpc) is 2.28. The van der Waals surface area contributed by atoms with E-state index in [1.54, 1.807) is 13.0 Å². The molecule has 0 bridgehead atoms. The van der Waals surface area contributed by atoms with Gasteiger partial charge >= 0.3 is 0 Å². The summed E-state index contributed by atoms with van der Waals surface area (Å²) in [7, 11) is 0. The van der Waals surface area contributed by atoms with Gasteiger partial charge in [-0.2, -0.15) is 5.26 Å². The summed E-state index contributed by atoms with van der Waals surface area (Å²) in [6.45, 7) is 7.18. The standard InChI is InChI=1S/C14H19FN2/c1-10(2)13(7-16)9-17-8-12-4-5-14(15)11(3)6-12/h4-6,10,13,17H,8-9H2,1-3H3. The van der Waals surface area contributed by atoms with Gasteiger partial charge in [0.25, 0.3) is 0 Å². The number of hydrogen-bond donors (Lipinski definition) is 1. The molecule has 1 N–H and O–H groups in total. The Morgan fingerprint density at radius 2 is 2.12 bits per heavy atom. The van der Waals surface area contributed by atoms with E-state index in [2.05, 4.69) is 11.4 Å². The third-order valence-electron chi connectivity index (χ3n) is 2.89. The summed E-state index contributed by atoms with van der Waals surface area (Å²) in [5, 5.41) is 12.2. The molecule has 1 aromatic rings. The first-order valence-electron chi connectivity index (χ1n) is 5.90. The second-order valence-corrected chi connectivity index (χ2v) is 4.69. The average molecular weight is 234 g/mol. The molecule has 0 aliphatic heterocycles. The number of nitrogens with one attached hydrogen (secondary N) is 1. The van der Waals surface area contributed by atoms with Gasteiger partial charge in [-0.3, -0.25) is 0 Å². The highest BCUT2D eigenvalue weighted by Crippen LogP contribution is 2.10. The molecular formula is C14H19FN2. The van der Waals surface area contributed by atoms with Crippen molar-refractivity contribution in [3.05, 3.63) is 35.1 Å². The summed E-state index contributed by atoms with van der Waals surface area (Å²) in [6, 6.07) is 7.37. The van der Waals surface area contributed by atoms with E-state index in [1.807, 2.05) is 19.9 Å². The van der Waals surface area contributed by atoms with E-state index in [1.165, 1.54) is 6.07 Å². The Balaban J connectivity index is 2.46. The fourth-order valence-corrected chi connectivity index (χ4v) is 1.62. The Hall–Kier alpha value is -1.40. The van der Waals surface area contributed by atoms with Gasteiger partial charge in [0.05, 0.1) is 12.0 Å². The Bertz CT molecular complexity index is 407. The van der Waals surface area contributed by atoms with Crippen LogP contribution in [0.2, 0.25) is 0 Å². The summed E-state index contributed by atoms with van der Waals surface area (Å²) in [5.74, 6) is 0.199. The molecular weight excluding hydrogens is 215 g/mol. The maximum atomic E-state index is 13.0. The SMILES string of the molecule is Cc1cc(CNCC(C#N)C(C)C)ccc1F. The van der Waals surface area contributed by atoms with Gasteiger partial charge in [-0.05, 0) is 30.0 Å². The van der Waals surface area contributed by atoms with Crippen LogP contribution in [0.5, 0.6) is 0 Å². The molecule has 0 aliphatic carbocycles. The van der Waals surface area contributed by atoms with Crippen molar-refractivity contribution in [3.8, 4) is 6.07 Å². The van der Waals surface area contributed by atoms with Gasteiger partial charge in [-0.1, -0.05) is 26.0 Å². The molecule has 0 fully saturated rings. The fraction of sp³-hybridized carbons (Fsp3) is 0.500. The van der Waals surface area contributed by atoms with Crippen LogP contribution in [0.4, 0.5) is 4.39 Å². The van der Waals surface area contributed by atoms with Gasteiger partial charge in [-0.15, -0.1) is 0 Å². The topological polar surface area (TPSA) is 35.8 Å². The minimum atomic E-state index is -0.175. The maximum Gasteiger partial charge on any atom is 0.126 e. The number of aryl methyl sites for hydroxylation is 1. The predicted molar refractivity (Wildman–Crippen MR) is 66.8 cm³/mol. The molecule has 0 aliphatic rings. The van der Waals surface area contributed by atoms with Crippen molar-refractivity contribution in [2.75, 3.05) is 6.54 Å². The summed E-state index contributed by atoms with van der Waals surface area (Å²) in [4.78, 5) is 0. The number of benzene rings is 1. The van der Waals surface area contributed by atoms with Crippen LogP contribution >= 0.6 is 0 Å².